The van der Waals surface area contributed by atoms with Crippen LogP contribution in [-0.4, -0.2) is 11.6 Å². The Labute approximate surface area is 91.7 Å². The van der Waals surface area contributed by atoms with Crippen molar-refractivity contribution in [3.8, 4) is 0 Å². The Balaban J connectivity index is 2.20. The van der Waals surface area contributed by atoms with Crippen LogP contribution in [0, 0.1) is 11.8 Å². The molecular formula is C13H20O2. The third kappa shape index (κ3) is 1.60. The Kier molecular flexibility index (Phi) is 2.61. The molecule has 15 heavy (non-hydrogen) atoms. The zero-order valence-electron chi connectivity index (χ0n) is 9.71. The van der Waals surface area contributed by atoms with E-state index in [0.717, 1.165) is 19.3 Å². The number of hydrogen-bond donors (Lipinski definition) is 0. The lowest BCUT2D eigenvalue weighted by molar-refractivity contribution is -0.153. The fraction of sp³-hybridized carbons (Fsp3) is 0.769. The molecule has 0 aromatic heterocycles. The summed E-state index contributed by atoms with van der Waals surface area (Å²) in [5.41, 5.74) is 1.06. The van der Waals surface area contributed by atoms with Gasteiger partial charge in [-0.1, -0.05) is 12.5 Å². The Morgan fingerprint density at radius 1 is 1.60 bits per heavy atom. The van der Waals surface area contributed by atoms with Gasteiger partial charge in [0, 0.05) is 11.8 Å². The molecule has 1 saturated carbocycles. The Morgan fingerprint density at radius 3 is 2.93 bits per heavy atom. The smallest absolute Gasteiger partial charge is 0.306 e. The molecule has 2 aliphatic rings. The molecule has 0 aromatic carbocycles. The highest BCUT2D eigenvalue weighted by molar-refractivity contribution is 5.73. The lowest BCUT2D eigenvalue weighted by Crippen LogP contribution is -2.37. The maximum absolute atomic E-state index is 11.4. The number of esters is 1. The predicted molar refractivity (Wildman–Crippen MR) is 59.4 cm³/mol. The van der Waals surface area contributed by atoms with E-state index in [9.17, 15) is 4.79 Å². The first-order valence-corrected chi connectivity index (χ1v) is 5.94. The summed E-state index contributed by atoms with van der Waals surface area (Å²) in [6.45, 7) is 8.18. The molecule has 0 unspecified atom stereocenters. The third-order valence-corrected chi connectivity index (χ3v) is 4.11. The summed E-state index contributed by atoms with van der Waals surface area (Å²) >= 11 is 0. The van der Waals surface area contributed by atoms with Crippen LogP contribution in [-0.2, 0) is 9.53 Å². The van der Waals surface area contributed by atoms with Crippen LogP contribution >= 0.6 is 0 Å². The molecule has 2 nitrogen and oxygen atoms in total. The van der Waals surface area contributed by atoms with Crippen LogP contribution in [0.15, 0.2) is 12.2 Å². The molecule has 0 bridgehead atoms. The maximum Gasteiger partial charge on any atom is 0.306 e. The summed E-state index contributed by atoms with van der Waals surface area (Å²) in [5, 5.41) is 0. The summed E-state index contributed by atoms with van der Waals surface area (Å²) in [7, 11) is 0. The van der Waals surface area contributed by atoms with E-state index in [-0.39, 0.29) is 11.6 Å². The molecule has 3 atom stereocenters. The molecule has 1 saturated heterocycles. The topological polar surface area (TPSA) is 26.3 Å². The first-order valence-electron chi connectivity index (χ1n) is 5.94. The molecule has 0 radical (unpaired) electrons. The second kappa shape index (κ2) is 3.66. The van der Waals surface area contributed by atoms with Crippen molar-refractivity contribution in [3.63, 3.8) is 0 Å². The van der Waals surface area contributed by atoms with E-state index < -0.39 is 0 Å². The molecule has 1 aliphatic carbocycles. The van der Waals surface area contributed by atoms with E-state index in [1.54, 1.807) is 0 Å². The third-order valence-electron chi connectivity index (χ3n) is 4.11. The minimum absolute atomic E-state index is 0.00765. The van der Waals surface area contributed by atoms with Crippen molar-refractivity contribution in [3.05, 3.63) is 12.2 Å². The highest BCUT2D eigenvalue weighted by Gasteiger charge is 2.56. The van der Waals surface area contributed by atoms with E-state index in [0.29, 0.717) is 18.3 Å². The summed E-state index contributed by atoms with van der Waals surface area (Å²) in [6, 6.07) is 0. The molecular weight excluding hydrogens is 188 g/mol. The Hall–Kier alpha value is -0.790. The summed E-state index contributed by atoms with van der Waals surface area (Å²) < 4.78 is 5.66. The van der Waals surface area contributed by atoms with Gasteiger partial charge in [0.2, 0.25) is 0 Å². The average molecular weight is 208 g/mol. The van der Waals surface area contributed by atoms with Crippen LogP contribution < -0.4 is 0 Å². The van der Waals surface area contributed by atoms with Crippen molar-refractivity contribution >= 4 is 5.97 Å². The predicted octanol–water partition coefficient (Wildman–Crippen LogP) is 3.07. The lowest BCUT2D eigenvalue weighted by atomic mass is 9.79. The first kappa shape index (κ1) is 10.7. The van der Waals surface area contributed by atoms with Gasteiger partial charge in [-0.2, -0.15) is 0 Å². The van der Waals surface area contributed by atoms with Crippen LogP contribution in [0.2, 0.25) is 0 Å². The van der Waals surface area contributed by atoms with Gasteiger partial charge in [-0.3, -0.25) is 4.79 Å². The standard InChI is InChI=1S/C13H20O2/c1-4-13-10(7-9(2)3)5-6-11(13)8-12(14)15-13/h10-11H,2,4-8H2,1,3H3/t10-,11-,13-/m0/s1. The molecule has 2 heteroatoms. The maximum atomic E-state index is 11.4. The zero-order chi connectivity index (χ0) is 11.1. The van der Waals surface area contributed by atoms with Crippen molar-refractivity contribution in [2.75, 3.05) is 0 Å². The molecule has 84 valence electrons. The highest BCUT2D eigenvalue weighted by atomic mass is 16.6. The van der Waals surface area contributed by atoms with Crippen molar-refractivity contribution < 1.29 is 9.53 Å². The van der Waals surface area contributed by atoms with Crippen LogP contribution in [0.25, 0.3) is 0 Å². The number of carbonyl (C=O) groups excluding carboxylic acids is 1. The number of allylic oxidation sites excluding steroid dienone is 1. The first-order chi connectivity index (χ1) is 7.08. The molecule has 0 aromatic rings. The van der Waals surface area contributed by atoms with Crippen molar-refractivity contribution in [1.29, 1.82) is 0 Å². The van der Waals surface area contributed by atoms with Crippen LogP contribution in [0.3, 0.4) is 0 Å². The molecule has 1 heterocycles. The van der Waals surface area contributed by atoms with Crippen LogP contribution in [0.4, 0.5) is 0 Å². The van der Waals surface area contributed by atoms with Gasteiger partial charge in [-0.25, -0.2) is 0 Å². The van der Waals surface area contributed by atoms with E-state index in [4.69, 9.17) is 4.74 Å². The summed E-state index contributed by atoms with van der Waals surface area (Å²) in [5.74, 6) is 0.990. The fourth-order valence-electron chi connectivity index (χ4n) is 3.47. The summed E-state index contributed by atoms with van der Waals surface area (Å²) in [4.78, 5) is 11.4. The lowest BCUT2D eigenvalue weighted by Gasteiger charge is -2.33. The molecule has 1 aliphatic heterocycles. The number of carbonyl (C=O) groups is 1. The molecule has 2 rings (SSSR count). The van der Waals surface area contributed by atoms with Gasteiger partial charge in [0.25, 0.3) is 0 Å². The molecule has 0 spiro atoms. The zero-order valence-corrected chi connectivity index (χ0v) is 9.71. The van der Waals surface area contributed by atoms with Gasteiger partial charge in [-0.15, -0.1) is 6.58 Å². The minimum atomic E-state index is -0.143. The molecule has 2 fully saturated rings. The van der Waals surface area contributed by atoms with Gasteiger partial charge >= 0.3 is 5.97 Å². The Morgan fingerprint density at radius 2 is 2.33 bits per heavy atom. The quantitative estimate of drug-likeness (QED) is 0.526. The SMILES string of the molecule is C=C(C)C[C@@H]1CC[C@H]2CC(=O)O[C@@]12CC. The van der Waals surface area contributed by atoms with Crippen LogP contribution in [0.5, 0.6) is 0 Å². The minimum Gasteiger partial charge on any atom is -0.458 e. The van der Waals surface area contributed by atoms with E-state index in [2.05, 4.69) is 20.4 Å². The Bertz CT molecular complexity index is 295. The van der Waals surface area contributed by atoms with E-state index in [1.807, 2.05) is 0 Å². The highest BCUT2D eigenvalue weighted by Crippen LogP contribution is 2.53. The van der Waals surface area contributed by atoms with E-state index in [1.165, 1.54) is 12.0 Å². The van der Waals surface area contributed by atoms with Gasteiger partial charge < -0.3 is 4.74 Å². The molecule has 0 amide bonds. The van der Waals surface area contributed by atoms with Gasteiger partial charge in [-0.05, 0) is 32.6 Å². The monoisotopic (exact) mass is 208 g/mol. The van der Waals surface area contributed by atoms with Gasteiger partial charge in [0.05, 0.1) is 6.42 Å². The summed E-state index contributed by atoms with van der Waals surface area (Å²) in [6.07, 6.45) is 4.95. The van der Waals surface area contributed by atoms with Crippen LogP contribution in [0.1, 0.15) is 46.0 Å². The largest absolute Gasteiger partial charge is 0.458 e. The number of hydrogen-bond acceptors (Lipinski definition) is 2. The van der Waals surface area contributed by atoms with Gasteiger partial charge in [0.1, 0.15) is 5.60 Å². The van der Waals surface area contributed by atoms with E-state index >= 15 is 0 Å². The second-order valence-corrected chi connectivity index (χ2v) is 5.12. The number of rotatable bonds is 3. The number of fused-ring (bicyclic) bond motifs is 1. The second-order valence-electron chi connectivity index (χ2n) is 5.12. The van der Waals surface area contributed by atoms with Crippen molar-refractivity contribution in [2.45, 2.75) is 51.6 Å². The molecule has 0 N–H and O–H groups in total. The number of ether oxygens (including phenoxy) is 1. The average Bonchev–Trinajstić information content (AvgIpc) is 2.62. The fourth-order valence-corrected chi connectivity index (χ4v) is 3.47. The van der Waals surface area contributed by atoms with Crippen molar-refractivity contribution in [2.24, 2.45) is 11.8 Å². The van der Waals surface area contributed by atoms with Crippen molar-refractivity contribution in [1.82, 2.24) is 0 Å². The normalized spacial score (nSPS) is 38.9. The van der Waals surface area contributed by atoms with Gasteiger partial charge in [0.15, 0.2) is 0 Å².